The number of nitrogens with zero attached hydrogens (tertiary/aromatic N) is 5. The maximum atomic E-state index is 12.2. The van der Waals surface area contributed by atoms with Crippen molar-refractivity contribution in [2.24, 2.45) is 7.05 Å². The van der Waals surface area contributed by atoms with Gasteiger partial charge in [-0.1, -0.05) is 25.2 Å². The molecule has 0 aliphatic rings. The first-order valence-electron chi connectivity index (χ1n) is 6.21. The number of rotatable bonds is 1. The normalized spacial score (nSPS) is 10.4. The van der Waals surface area contributed by atoms with Crippen LogP contribution < -0.4 is 11.3 Å². The van der Waals surface area contributed by atoms with E-state index in [2.05, 4.69) is 15.2 Å². The Bertz CT molecular complexity index is 800. The molecule has 0 fully saturated rings. The van der Waals surface area contributed by atoms with Crippen LogP contribution in [0.25, 0.3) is 16.2 Å². The Kier molecular flexibility index (Phi) is 3.84. The van der Waals surface area contributed by atoms with E-state index < -0.39 is 0 Å². The molecule has 3 heterocycles. The smallest absolute Gasteiger partial charge is 0.279 e. The Morgan fingerprint density at radius 3 is 2.60 bits per heavy atom. The van der Waals surface area contributed by atoms with Gasteiger partial charge in [-0.15, -0.1) is 10.2 Å². The topological polar surface area (TPSA) is 91.1 Å². The molecule has 0 bridgehead atoms. The van der Waals surface area contributed by atoms with E-state index in [1.165, 1.54) is 22.2 Å². The second kappa shape index (κ2) is 5.41. The first kappa shape index (κ1) is 14.2. The van der Waals surface area contributed by atoms with Gasteiger partial charge in [-0.3, -0.25) is 4.79 Å². The highest BCUT2D eigenvalue weighted by Crippen LogP contribution is 2.23. The number of aromatic nitrogens is 5. The lowest BCUT2D eigenvalue weighted by atomic mass is 10.3. The molecule has 0 radical (unpaired) electrons. The Morgan fingerprint density at radius 1 is 1.30 bits per heavy atom. The summed E-state index contributed by atoms with van der Waals surface area (Å²) in [6.07, 6.45) is 3.17. The zero-order valence-electron chi connectivity index (χ0n) is 11.8. The monoisotopic (exact) mass is 292 g/mol. The van der Waals surface area contributed by atoms with E-state index in [-0.39, 0.29) is 5.56 Å². The van der Waals surface area contributed by atoms with Gasteiger partial charge in [0.2, 0.25) is 0 Å². The predicted molar refractivity (Wildman–Crippen MR) is 79.8 cm³/mol. The summed E-state index contributed by atoms with van der Waals surface area (Å²) < 4.78 is 3.06. The summed E-state index contributed by atoms with van der Waals surface area (Å²) in [6, 6.07) is 0. The van der Waals surface area contributed by atoms with Crippen molar-refractivity contribution in [2.45, 2.75) is 20.8 Å². The quantitative estimate of drug-likeness (QED) is 0.733. The number of aryl methyl sites for hydroxylation is 2. The van der Waals surface area contributed by atoms with Crippen LogP contribution in [0.1, 0.15) is 18.9 Å². The summed E-state index contributed by atoms with van der Waals surface area (Å²) >= 11 is 1.37. The molecule has 0 aliphatic heterocycles. The first-order valence-corrected chi connectivity index (χ1v) is 7.03. The van der Waals surface area contributed by atoms with Crippen LogP contribution in [0.3, 0.4) is 0 Å². The predicted octanol–water partition coefficient (Wildman–Crippen LogP) is 1.47. The Labute approximate surface area is 119 Å². The SMILES string of the molecule is CC.Cc1nnc(-c2c(=O)n(C)n3cc(N)cnc23)s1. The molecule has 20 heavy (non-hydrogen) atoms. The zero-order chi connectivity index (χ0) is 14.9. The van der Waals surface area contributed by atoms with E-state index in [1.54, 1.807) is 17.8 Å². The highest BCUT2D eigenvalue weighted by molar-refractivity contribution is 7.14. The minimum atomic E-state index is -0.163. The van der Waals surface area contributed by atoms with Crippen LogP contribution in [0, 0.1) is 6.92 Å². The Balaban J connectivity index is 0.000000704. The maximum Gasteiger partial charge on any atom is 0.279 e. The molecule has 0 atom stereocenters. The number of fused-ring (bicyclic) bond motifs is 1. The molecule has 3 aromatic heterocycles. The van der Waals surface area contributed by atoms with Gasteiger partial charge in [0.15, 0.2) is 10.7 Å². The lowest BCUT2D eigenvalue weighted by molar-refractivity contribution is 0.677. The second-order valence-corrected chi connectivity index (χ2v) is 5.07. The van der Waals surface area contributed by atoms with Crippen LogP contribution in [-0.4, -0.2) is 24.4 Å². The molecule has 7 nitrogen and oxygen atoms in total. The van der Waals surface area contributed by atoms with Crippen LogP contribution >= 0.6 is 11.3 Å². The Hall–Kier alpha value is -2.22. The molecule has 2 N–H and O–H groups in total. The van der Waals surface area contributed by atoms with Crippen LogP contribution in [0.15, 0.2) is 17.2 Å². The average Bonchev–Trinajstić information content (AvgIpc) is 2.97. The molecule has 3 rings (SSSR count). The highest BCUT2D eigenvalue weighted by Gasteiger charge is 2.18. The van der Waals surface area contributed by atoms with Gasteiger partial charge in [0.05, 0.1) is 18.1 Å². The van der Waals surface area contributed by atoms with E-state index in [0.717, 1.165) is 5.01 Å². The van der Waals surface area contributed by atoms with Gasteiger partial charge in [-0.25, -0.2) is 14.2 Å². The van der Waals surface area contributed by atoms with Crippen molar-refractivity contribution in [3.63, 3.8) is 0 Å². The van der Waals surface area contributed by atoms with Crippen molar-refractivity contribution in [3.8, 4) is 10.6 Å². The minimum absolute atomic E-state index is 0.163. The number of nitrogens with two attached hydrogens (primary N) is 1. The number of hydrogen-bond acceptors (Lipinski definition) is 6. The standard InChI is InChI=1S/C10H10N6OS.C2H6/c1-5-13-14-9(18-5)7-8-12-3-6(11)4-16(8)15(2)10(7)17;1-2/h3-4H,11H2,1-2H3;1-2H3. The molecule has 0 saturated heterocycles. The van der Waals surface area contributed by atoms with Gasteiger partial charge in [0.25, 0.3) is 5.56 Å². The first-order chi connectivity index (χ1) is 9.58. The van der Waals surface area contributed by atoms with Crippen molar-refractivity contribution >= 4 is 22.7 Å². The third-order valence-electron chi connectivity index (χ3n) is 2.62. The van der Waals surface area contributed by atoms with Gasteiger partial charge >= 0.3 is 0 Å². The maximum absolute atomic E-state index is 12.2. The van der Waals surface area contributed by atoms with Crippen LogP contribution in [0.5, 0.6) is 0 Å². The molecular weight excluding hydrogens is 276 g/mol. The molecular formula is C12H16N6OS. The molecule has 0 aliphatic carbocycles. The van der Waals surface area contributed by atoms with E-state index in [9.17, 15) is 4.79 Å². The summed E-state index contributed by atoms with van der Waals surface area (Å²) in [7, 11) is 1.66. The summed E-state index contributed by atoms with van der Waals surface area (Å²) in [4.78, 5) is 16.4. The molecule has 0 aromatic carbocycles. The molecule has 106 valence electrons. The van der Waals surface area contributed by atoms with Crippen molar-refractivity contribution < 1.29 is 0 Å². The fourth-order valence-electron chi connectivity index (χ4n) is 1.78. The lowest BCUT2D eigenvalue weighted by Gasteiger charge is -1.99. The van der Waals surface area contributed by atoms with Crippen LogP contribution in [-0.2, 0) is 7.05 Å². The van der Waals surface area contributed by atoms with Gasteiger partial charge in [-0.05, 0) is 6.92 Å². The average molecular weight is 292 g/mol. The Morgan fingerprint density at radius 2 is 2.00 bits per heavy atom. The summed E-state index contributed by atoms with van der Waals surface area (Å²) in [5, 5.41) is 9.31. The fraction of sp³-hybridized carbons (Fsp3) is 0.333. The molecule has 0 spiro atoms. The zero-order valence-corrected chi connectivity index (χ0v) is 12.6. The van der Waals surface area contributed by atoms with Crippen molar-refractivity contribution in [1.82, 2.24) is 24.4 Å². The molecule has 8 heteroatoms. The van der Waals surface area contributed by atoms with Crippen LogP contribution in [0.2, 0.25) is 0 Å². The third-order valence-corrected chi connectivity index (χ3v) is 3.47. The molecule has 0 unspecified atom stereocenters. The highest BCUT2D eigenvalue weighted by atomic mass is 32.1. The van der Waals surface area contributed by atoms with Crippen LogP contribution in [0.4, 0.5) is 5.69 Å². The largest absolute Gasteiger partial charge is 0.396 e. The van der Waals surface area contributed by atoms with Crippen molar-refractivity contribution in [2.75, 3.05) is 5.73 Å². The van der Waals surface area contributed by atoms with Gasteiger partial charge in [-0.2, -0.15) is 0 Å². The van der Waals surface area contributed by atoms with E-state index in [1.807, 2.05) is 20.8 Å². The molecule has 0 saturated carbocycles. The van der Waals surface area contributed by atoms with Crippen molar-refractivity contribution in [1.29, 1.82) is 0 Å². The van der Waals surface area contributed by atoms with Crippen molar-refractivity contribution in [3.05, 3.63) is 27.8 Å². The van der Waals surface area contributed by atoms with E-state index in [0.29, 0.717) is 21.9 Å². The van der Waals surface area contributed by atoms with Gasteiger partial charge in [0, 0.05) is 7.05 Å². The van der Waals surface area contributed by atoms with Gasteiger partial charge in [0.1, 0.15) is 10.6 Å². The fourth-order valence-corrected chi connectivity index (χ4v) is 2.50. The molecule has 0 amide bonds. The minimum Gasteiger partial charge on any atom is -0.396 e. The lowest BCUT2D eigenvalue weighted by Crippen LogP contribution is -2.16. The summed E-state index contributed by atoms with van der Waals surface area (Å²) in [5.41, 5.74) is 7.00. The van der Waals surface area contributed by atoms with Gasteiger partial charge < -0.3 is 5.73 Å². The third kappa shape index (κ3) is 2.18. The number of nitrogen functional groups attached to an aromatic ring is 1. The van der Waals surface area contributed by atoms with E-state index >= 15 is 0 Å². The molecule has 3 aromatic rings. The van der Waals surface area contributed by atoms with E-state index in [4.69, 9.17) is 5.73 Å². The summed E-state index contributed by atoms with van der Waals surface area (Å²) in [5.74, 6) is 0. The summed E-state index contributed by atoms with van der Waals surface area (Å²) in [6.45, 7) is 5.84. The number of hydrogen-bond donors (Lipinski definition) is 1. The number of anilines is 1. The second-order valence-electron chi connectivity index (χ2n) is 3.89.